The Labute approximate surface area is 149 Å². The maximum atomic E-state index is 13.5. The van der Waals surface area contributed by atoms with E-state index in [9.17, 15) is 18.8 Å². The van der Waals surface area contributed by atoms with Gasteiger partial charge in [-0.05, 0) is 42.5 Å². The number of hydrogen-bond donors (Lipinski definition) is 2. The van der Waals surface area contributed by atoms with Gasteiger partial charge in [0.15, 0.2) is 6.61 Å². The highest BCUT2D eigenvalue weighted by Crippen LogP contribution is 2.24. The van der Waals surface area contributed by atoms with Gasteiger partial charge in [0.1, 0.15) is 11.6 Å². The van der Waals surface area contributed by atoms with Gasteiger partial charge in [-0.25, -0.2) is 4.39 Å². The van der Waals surface area contributed by atoms with E-state index in [1.165, 1.54) is 13.2 Å². The minimum atomic E-state index is -0.661. The number of amides is 2. The molecule has 0 saturated carbocycles. The second-order valence-corrected chi connectivity index (χ2v) is 5.20. The van der Waals surface area contributed by atoms with Crippen LogP contribution >= 0.6 is 0 Å². The van der Waals surface area contributed by atoms with E-state index in [1.54, 1.807) is 24.3 Å². The van der Waals surface area contributed by atoms with Crippen LogP contribution in [0, 0.1) is 5.82 Å². The molecular formula is C18H17FN2O5. The van der Waals surface area contributed by atoms with Crippen LogP contribution in [0.25, 0.3) is 0 Å². The number of carbonyl (C=O) groups excluding carboxylic acids is 3. The summed E-state index contributed by atoms with van der Waals surface area (Å²) >= 11 is 0. The summed E-state index contributed by atoms with van der Waals surface area (Å²) in [5.41, 5.74) is 0.597. The van der Waals surface area contributed by atoms with E-state index in [4.69, 9.17) is 4.74 Å². The summed E-state index contributed by atoms with van der Waals surface area (Å²) < 4.78 is 23.1. The summed E-state index contributed by atoms with van der Waals surface area (Å²) in [5.74, 6) is -1.73. The van der Waals surface area contributed by atoms with Gasteiger partial charge in [-0.1, -0.05) is 0 Å². The highest BCUT2D eigenvalue weighted by molar-refractivity contribution is 6.07. The Balaban J connectivity index is 2.13. The van der Waals surface area contributed by atoms with Gasteiger partial charge in [-0.15, -0.1) is 0 Å². The van der Waals surface area contributed by atoms with Crippen molar-refractivity contribution in [1.29, 1.82) is 0 Å². The highest BCUT2D eigenvalue weighted by atomic mass is 19.1. The average molecular weight is 360 g/mol. The van der Waals surface area contributed by atoms with Crippen LogP contribution < -0.4 is 15.4 Å². The second kappa shape index (κ2) is 8.61. The molecule has 0 unspecified atom stereocenters. The first-order valence-electron chi connectivity index (χ1n) is 7.57. The highest BCUT2D eigenvalue weighted by Gasteiger charge is 2.13. The van der Waals surface area contributed by atoms with Crippen molar-refractivity contribution in [3.05, 3.63) is 53.8 Å². The number of esters is 1. The maximum Gasteiger partial charge on any atom is 0.303 e. The Morgan fingerprint density at radius 2 is 1.69 bits per heavy atom. The number of carbonyl (C=O) groups is 3. The molecule has 2 amide bonds. The van der Waals surface area contributed by atoms with Gasteiger partial charge in [0.25, 0.3) is 11.8 Å². The van der Waals surface area contributed by atoms with Crippen LogP contribution in [-0.2, 0) is 14.3 Å². The van der Waals surface area contributed by atoms with Crippen molar-refractivity contribution in [3.63, 3.8) is 0 Å². The Kier molecular flexibility index (Phi) is 6.26. The third-order valence-corrected chi connectivity index (χ3v) is 3.26. The summed E-state index contributed by atoms with van der Waals surface area (Å²) in [6.07, 6.45) is 0. The van der Waals surface area contributed by atoms with E-state index in [0.29, 0.717) is 11.3 Å². The Morgan fingerprint density at radius 3 is 2.31 bits per heavy atom. The minimum absolute atomic E-state index is 0.0454. The molecule has 0 radical (unpaired) electrons. The first kappa shape index (κ1) is 18.9. The predicted octanol–water partition coefficient (Wildman–Crippen LogP) is 2.59. The summed E-state index contributed by atoms with van der Waals surface area (Å²) in [7, 11) is 1.51. The largest absolute Gasteiger partial charge is 0.497 e. The molecular weight excluding hydrogens is 343 g/mol. The fourth-order valence-electron chi connectivity index (χ4n) is 2.02. The molecule has 0 spiro atoms. The normalized spacial score (nSPS) is 9.96. The quantitative estimate of drug-likeness (QED) is 0.773. The van der Waals surface area contributed by atoms with E-state index in [1.807, 2.05) is 0 Å². The number of nitrogens with one attached hydrogen (secondary N) is 2. The third kappa shape index (κ3) is 5.30. The molecule has 2 rings (SSSR count). The summed E-state index contributed by atoms with van der Waals surface area (Å²) in [6.45, 7) is 0.647. The monoisotopic (exact) mass is 360 g/mol. The van der Waals surface area contributed by atoms with E-state index >= 15 is 0 Å². The topological polar surface area (TPSA) is 93.7 Å². The SMILES string of the molecule is COc1ccc(C(=O)Nc2ccc(F)cc2NC(=O)COC(C)=O)cc1. The fraction of sp³-hybridized carbons (Fsp3) is 0.167. The zero-order chi connectivity index (χ0) is 19.1. The van der Waals surface area contributed by atoms with Crippen LogP contribution in [0.4, 0.5) is 15.8 Å². The van der Waals surface area contributed by atoms with Crippen molar-refractivity contribution >= 4 is 29.2 Å². The van der Waals surface area contributed by atoms with Crippen molar-refractivity contribution in [2.75, 3.05) is 24.4 Å². The van der Waals surface area contributed by atoms with Crippen LogP contribution in [0.2, 0.25) is 0 Å². The van der Waals surface area contributed by atoms with Gasteiger partial charge in [0.2, 0.25) is 0 Å². The first-order chi connectivity index (χ1) is 12.4. The Hall–Kier alpha value is -3.42. The number of anilines is 2. The van der Waals surface area contributed by atoms with Crippen molar-refractivity contribution < 1.29 is 28.2 Å². The molecule has 0 aliphatic rings. The molecule has 0 aromatic heterocycles. The number of hydrogen-bond acceptors (Lipinski definition) is 5. The number of rotatable bonds is 6. The number of methoxy groups -OCH3 is 1. The number of benzene rings is 2. The molecule has 0 saturated heterocycles. The van der Waals surface area contributed by atoms with E-state index in [-0.39, 0.29) is 11.4 Å². The molecule has 0 aliphatic heterocycles. The smallest absolute Gasteiger partial charge is 0.303 e. The lowest BCUT2D eigenvalue weighted by Gasteiger charge is -2.13. The van der Waals surface area contributed by atoms with Crippen LogP contribution in [0.15, 0.2) is 42.5 Å². The predicted molar refractivity (Wildman–Crippen MR) is 92.6 cm³/mol. The summed E-state index contributed by atoms with van der Waals surface area (Å²) in [5, 5.41) is 4.98. The van der Waals surface area contributed by atoms with Crippen LogP contribution in [0.3, 0.4) is 0 Å². The Bertz CT molecular complexity index is 821. The van der Waals surface area contributed by atoms with Crippen LogP contribution in [-0.4, -0.2) is 31.5 Å². The summed E-state index contributed by atoms with van der Waals surface area (Å²) in [6, 6.07) is 9.90. The van der Waals surface area contributed by atoms with Crippen molar-refractivity contribution in [2.45, 2.75) is 6.92 Å². The molecule has 2 aromatic rings. The zero-order valence-corrected chi connectivity index (χ0v) is 14.2. The van der Waals surface area contributed by atoms with Crippen LogP contribution in [0.1, 0.15) is 17.3 Å². The molecule has 0 bridgehead atoms. The molecule has 2 aromatic carbocycles. The van der Waals surface area contributed by atoms with Gasteiger partial charge in [-0.2, -0.15) is 0 Å². The lowest BCUT2D eigenvalue weighted by Crippen LogP contribution is -2.21. The molecule has 0 aliphatic carbocycles. The van der Waals surface area contributed by atoms with Crippen molar-refractivity contribution in [2.24, 2.45) is 0 Å². The molecule has 2 N–H and O–H groups in total. The molecule has 0 heterocycles. The number of halogens is 1. The zero-order valence-electron chi connectivity index (χ0n) is 14.2. The maximum absolute atomic E-state index is 13.5. The molecule has 136 valence electrons. The van der Waals surface area contributed by atoms with E-state index < -0.39 is 30.2 Å². The average Bonchev–Trinajstić information content (AvgIpc) is 2.62. The lowest BCUT2D eigenvalue weighted by molar-refractivity contribution is -0.144. The van der Waals surface area contributed by atoms with Gasteiger partial charge >= 0.3 is 5.97 Å². The second-order valence-electron chi connectivity index (χ2n) is 5.20. The van der Waals surface area contributed by atoms with Gasteiger partial charge < -0.3 is 20.1 Å². The van der Waals surface area contributed by atoms with E-state index in [0.717, 1.165) is 19.1 Å². The molecule has 26 heavy (non-hydrogen) atoms. The third-order valence-electron chi connectivity index (χ3n) is 3.26. The number of ether oxygens (including phenoxy) is 2. The standard InChI is InChI=1S/C18H17FN2O5/c1-11(22)26-10-17(23)20-16-9-13(19)5-8-15(16)21-18(24)12-3-6-14(25-2)7-4-12/h3-9H,10H2,1-2H3,(H,20,23)(H,21,24). The molecule has 0 atom stereocenters. The van der Waals surface area contributed by atoms with Gasteiger partial charge in [0, 0.05) is 12.5 Å². The van der Waals surface area contributed by atoms with Crippen molar-refractivity contribution in [3.8, 4) is 5.75 Å². The lowest BCUT2D eigenvalue weighted by atomic mass is 10.2. The molecule has 8 heteroatoms. The minimum Gasteiger partial charge on any atom is -0.497 e. The molecule has 7 nitrogen and oxygen atoms in total. The van der Waals surface area contributed by atoms with Crippen LogP contribution in [0.5, 0.6) is 5.75 Å². The summed E-state index contributed by atoms with van der Waals surface area (Å²) in [4.78, 5) is 34.8. The molecule has 0 fully saturated rings. The van der Waals surface area contributed by atoms with E-state index in [2.05, 4.69) is 15.4 Å². The van der Waals surface area contributed by atoms with Gasteiger partial charge in [0.05, 0.1) is 18.5 Å². The van der Waals surface area contributed by atoms with Gasteiger partial charge in [-0.3, -0.25) is 14.4 Å². The van der Waals surface area contributed by atoms with Crippen molar-refractivity contribution in [1.82, 2.24) is 0 Å². The first-order valence-corrected chi connectivity index (χ1v) is 7.57. The fourth-order valence-corrected chi connectivity index (χ4v) is 2.02. The Morgan fingerprint density at radius 1 is 1.00 bits per heavy atom.